The third-order valence-corrected chi connectivity index (χ3v) is 4.77. The van der Waals surface area contributed by atoms with Crippen LogP contribution in [0.5, 0.6) is 11.5 Å². The number of benzene rings is 1. The number of hydrogen-bond acceptors (Lipinski definition) is 6. The molecular formula is C20H20ClN3O3S. The first-order valence-electron chi connectivity index (χ1n) is 8.65. The van der Waals surface area contributed by atoms with Gasteiger partial charge in [-0.1, -0.05) is 25.4 Å². The van der Waals surface area contributed by atoms with Crippen molar-refractivity contribution in [3.8, 4) is 22.8 Å². The normalized spacial score (nSPS) is 10.8. The lowest BCUT2D eigenvalue weighted by molar-refractivity contribution is 0.102. The fraction of sp³-hybridized carbons (Fsp3) is 0.250. The molecular weight excluding hydrogens is 398 g/mol. The molecule has 2 aromatic heterocycles. The Morgan fingerprint density at radius 2 is 2.18 bits per heavy atom. The lowest BCUT2D eigenvalue weighted by Gasteiger charge is -2.15. The average molecular weight is 418 g/mol. The topological polar surface area (TPSA) is 73.3 Å². The summed E-state index contributed by atoms with van der Waals surface area (Å²) in [6, 6.07) is 6.91. The van der Waals surface area contributed by atoms with Crippen LogP contribution in [-0.2, 0) is 0 Å². The molecule has 0 saturated heterocycles. The first-order chi connectivity index (χ1) is 13.5. The van der Waals surface area contributed by atoms with Crippen LogP contribution in [0.1, 0.15) is 24.2 Å². The molecule has 3 rings (SSSR count). The molecule has 0 aliphatic heterocycles. The van der Waals surface area contributed by atoms with Crippen molar-refractivity contribution in [3.05, 3.63) is 52.6 Å². The van der Waals surface area contributed by atoms with Crippen LogP contribution in [-0.4, -0.2) is 29.6 Å². The van der Waals surface area contributed by atoms with Gasteiger partial charge < -0.3 is 9.47 Å². The van der Waals surface area contributed by atoms with E-state index in [2.05, 4.69) is 15.3 Å². The summed E-state index contributed by atoms with van der Waals surface area (Å²) in [6.07, 6.45) is 3.42. The zero-order valence-electron chi connectivity index (χ0n) is 15.7. The summed E-state index contributed by atoms with van der Waals surface area (Å²) in [6.45, 7) is 4.57. The zero-order valence-corrected chi connectivity index (χ0v) is 17.3. The second-order valence-electron chi connectivity index (χ2n) is 6.43. The number of ether oxygens (including phenoxy) is 2. The fourth-order valence-corrected chi connectivity index (χ4v) is 3.37. The summed E-state index contributed by atoms with van der Waals surface area (Å²) < 4.78 is 11.1. The van der Waals surface area contributed by atoms with Crippen molar-refractivity contribution in [1.29, 1.82) is 0 Å². The molecule has 0 unspecified atom stereocenters. The fourth-order valence-electron chi connectivity index (χ4n) is 2.39. The minimum Gasteiger partial charge on any atom is -0.493 e. The zero-order chi connectivity index (χ0) is 20.1. The van der Waals surface area contributed by atoms with Crippen LogP contribution in [0.15, 0.2) is 42.0 Å². The molecule has 6 nitrogen and oxygen atoms in total. The summed E-state index contributed by atoms with van der Waals surface area (Å²) in [5, 5.41) is 5.46. The number of nitrogens with one attached hydrogen (secondary N) is 1. The van der Waals surface area contributed by atoms with Gasteiger partial charge in [-0.2, -0.15) is 0 Å². The van der Waals surface area contributed by atoms with Gasteiger partial charge in [0.05, 0.1) is 24.4 Å². The maximum atomic E-state index is 12.6. The van der Waals surface area contributed by atoms with Crippen molar-refractivity contribution in [2.24, 2.45) is 5.92 Å². The minimum atomic E-state index is -0.331. The van der Waals surface area contributed by atoms with Gasteiger partial charge in [0.1, 0.15) is 0 Å². The number of hydrogen-bond donors (Lipinski definition) is 1. The molecule has 0 aliphatic rings. The third-order valence-electron chi connectivity index (χ3n) is 3.73. The summed E-state index contributed by atoms with van der Waals surface area (Å²) >= 11 is 7.66. The van der Waals surface area contributed by atoms with Gasteiger partial charge in [-0.15, -0.1) is 11.3 Å². The summed E-state index contributed by atoms with van der Waals surface area (Å²) in [7, 11) is 1.51. The van der Waals surface area contributed by atoms with E-state index in [0.29, 0.717) is 39.7 Å². The second-order valence-corrected chi connectivity index (χ2v) is 7.69. The number of amides is 1. The van der Waals surface area contributed by atoms with Crippen LogP contribution in [0.25, 0.3) is 11.3 Å². The lowest BCUT2D eigenvalue weighted by Crippen LogP contribution is -2.13. The smallest absolute Gasteiger partial charge is 0.257 e. The van der Waals surface area contributed by atoms with Gasteiger partial charge in [0.25, 0.3) is 5.91 Å². The largest absolute Gasteiger partial charge is 0.493 e. The van der Waals surface area contributed by atoms with Gasteiger partial charge in [0.2, 0.25) is 0 Å². The van der Waals surface area contributed by atoms with E-state index >= 15 is 0 Å². The molecule has 1 amide bonds. The van der Waals surface area contributed by atoms with E-state index in [0.717, 1.165) is 11.3 Å². The van der Waals surface area contributed by atoms with Gasteiger partial charge in [-0.3, -0.25) is 15.1 Å². The van der Waals surface area contributed by atoms with E-state index < -0.39 is 0 Å². The van der Waals surface area contributed by atoms with Crippen molar-refractivity contribution >= 4 is 34.0 Å². The molecule has 0 saturated carbocycles. The molecule has 1 aromatic carbocycles. The number of rotatable bonds is 7. The quantitative estimate of drug-likeness (QED) is 0.575. The average Bonchev–Trinajstić information content (AvgIpc) is 3.15. The first-order valence-corrected chi connectivity index (χ1v) is 9.91. The number of pyridine rings is 1. The number of aromatic nitrogens is 2. The monoisotopic (exact) mass is 417 g/mol. The Labute approximate surface area is 172 Å². The molecule has 0 fully saturated rings. The van der Waals surface area contributed by atoms with Crippen molar-refractivity contribution in [2.45, 2.75) is 13.8 Å². The highest BCUT2D eigenvalue weighted by atomic mass is 35.5. The van der Waals surface area contributed by atoms with E-state index in [1.54, 1.807) is 24.5 Å². The SMILES string of the molecule is COc1cc(C(=O)Nc2nc(-c3cccnc3)cs2)cc(Cl)c1OCC(C)C. The first kappa shape index (κ1) is 20.1. The molecule has 1 N–H and O–H groups in total. The Bertz CT molecular complexity index is 961. The van der Waals surface area contributed by atoms with Gasteiger partial charge in [0.15, 0.2) is 16.6 Å². The Morgan fingerprint density at radius 3 is 2.86 bits per heavy atom. The van der Waals surface area contributed by atoms with Crippen LogP contribution < -0.4 is 14.8 Å². The Hall–Kier alpha value is -2.64. The number of thiazole rings is 1. The van der Waals surface area contributed by atoms with Gasteiger partial charge in [-0.05, 0) is 30.2 Å². The summed E-state index contributed by atoms with van der Waals surface area (Å²) in [5.41, 5.74) is 1.99. The molecule has 0 atom stereocenters. The highest BCUT2D eigenvalue weighted by Gasteiger charge is 2.17. The van der Waals surface area contributed by atoms with Crippen LogP contribution in [0.2, 0.25) is 5.02 Å². The van der Waals surface area contributed by atoms with E-state index in [1.807, 2.05) is 31.4 Å². The standard InChI is InChI=1S/C20H20ClN3O3S/c1-12(2)10-27-18-15(21)7-14(8-17(18)26-3)19(25)24-20-23-16(11-28-20)13-5-4-6-22-9-13/h4-9,11-12H,10H2,1-3H3,(H,23,24,25). The third kappa shape index (κ3) is 4.79. The number of carbonyl (C=O) groups excluding carboxylic acids is 1. The maximum Gasteiger partial charge on any atom is 0.257 e. The van der Waals surface area contributed by atoms with Crippen LogP contribution in [0, 0.1) is 5.92 Å². The molecule has 0 spiro atoms. The maximum absolute atomic E-state index is 12.6. The minimum absolute atomic E-state index is 0.320. The molecule has 0 aliphatic carbocycles. The summed E-state index contributed by atoms with van der Waals surface area (Å²) in [5.74, 6) is 0.848. The van der Waals surface area contributed by atoms with Crippen molar-refractivity contribution in [2.75, 3.05) is 19.0 Å². The highest BCUT2D eigenvalue weighted by molar-refractivity contribution is 7.14. The molecule has 28 heavy (non-hydrogen) atoms. The Balaban J connectivity index is 1.77. The predicted octanol–water partition coefficient (Wildman–Crippen LogP) is 5.15. The van der Waals surface area contributed by atoms with E-state index in [9.17, 15) is 4.79 Å². The van der Waals surface area contributed by atoms with E-state index in [1.165, 1.54) is 18.4 Å². The van der Waals surface area contributed by atoms with Crippen LogP contribution in [0.4, 0.5) is 5.13 Å². The number of anilines is 1. The lowest BCUT2D eigenvalue weighted by atomic mass is 10.2. The van der Waals surface area contributed by atoms with Crippen molar-refractivity contribution in [3.63, 3.8) is 0 Å². The highest BCUT2D eigenvalue weighted by Crippen LogP contribution is 2.37. The molecule has 3 aromatic rings. The van der Waals surface area contributed by atoms with Gasteiger partial charge in [-0.25, -0.2) is 4.98 Å². The van der Waals surface area contributed by atoms with Gasteiger partial charge in [0, 0.05) is 28.9 Å². The Kier molecular flexibility index (Phi) is 6.49. The van der Waals surface area contributed by atoms with Gasteiger partial charge >= 0.3 is 0 Å². The summed E-state index contributed by atoms with van der Waals surface area (Å²) in [4.78, 5) is 21.2. The number of methoxy groups -OCH3 is 1. The predicted molar refractivity (Wildman–Crippen MR) is 112 cm³/mol. The number of halogens is 1. The van der Waals surface area contributed by atoms with Crippen LogP contribution >= 0.6 is 22.9 Å². The van der Waals surface area contributed by atoms with Crippen molar-refractivity contribution < 1.29 is 14.3 Å². The van der Waals surface area contributed by atoms with E-state index in [4.69, 9.17) is 21.1 Å². The van der Waals surface area contributed by atoms with Crippen molar-refractivity contribution in [1.82, 2.24) is 9.97 Å². The molecule has 8 heteroatoms. The van der Waals surface area contributed by atoms with Crippen LogP contribution in [0.3, 0.4) is 0 Å². The molecule has 2 heterocycles. The number of nitrogens with zero attached hydrogens (tertiary/aromatic N) is 2. The second kappa shape index (κ2) is 9.03. The molecule has 0 bridgehead atoms. The molecule has 0 radical (unpaired) electrons. The Morgan fingerprint density at radius 1 is 1.36 bits per heavy atom. The molecule has 146 valence electrons. The van der Waals surface area contributed by atoms with E-state index in [-0.39, 0.29) is 5.91 Å². The number of carbonyl (C=O) groups is 1.